The second-order valence-electron chi connectivity index (χ2n) is 6.01. The van der Waals surface area contributed by atoms with Crippen LogP contribution in [0, 0.1) is 20.2 Å². The molecule has 6 N–H and O–H groups in total. The van der Waals surface area contributed by atoms with Crippen LogP contribution in [0.15, 0.2) is 12.1 Å². The van der Waals surface area contributed by atoms with Crippen LogP contribution in [0.5, 0.6) is 28.7 Å². The third kappa shape index (κ3) is 3.05. The lowest BCUT2D eigenvalue weighted by molar-refractivity contribution is -0.386. The average Bonchev–Trinajstić information content (AvgIpc) is 3.10. The molecule has 148 valence electrons. The minimum absolute atomic E-state index is 0.0186. The molecule has 0 aliphatic carbocycles. The fourth-order valence-electron chi connectivity index (χ4n) is 3.09. The standard InChI is InChI=1S/C16H16N4O8/c17-3-1-7-5-10(21)11(6-9(7)19(24)25)28-16-13(20(26)27)8-2-4-18-12(8)14(22)15(16)23/h5-6,18,21-23H,1-4,17H2. The molecular weight excluding hydrogens is 376 g/mol. The van der Waals surface area contributed by atoms with E-state index in [-0.39, 0.29) is 36.2 Å². The lowest BCUT2D eigenvalue weighted by Crippen LogP contribution is -2.06. The highest BCUT2D eigenvalue weighted by Crippen LogP contribution is 2.54. The molecule has 0 amide bonds. The number of phenols is 3. The topological polar surface area (TPSA) is 194 Å². The molecule has 1 heterocycles. The van der Waals surface area contributed by atoms with Crippen molar-refractivity contribution in [2.45, 2.75) is 12.8 Å². The van der Waals surface area contributed by atoms with Crippen molar-refractivity contribution < 1.29 is 29.9 Å². The van der Waals surface area contributed by atoms with Crippen molar-refractivity contribution in [1.29, 1.82) is 0 Å². The van der Waals surface area contributed by atoms with Gasteiger partial charge in [-0.05, 0) is 25.5 Å². The third-order valence-corrected chi connectivity index (χ3v) is 4.32. The zero-order valence-electron chi connectivity index (χ0n) is 14.3. The summed E-state index contributed by atoms with van der Waals surface area (Å²) in [4.78, 5) is 21.3. The number of nitrogens with two attached hydrogens (primary N) is 1. The first-order chi connectivity index (χ1) is 13.3. The van der Waals surface area contributed by atoms with Crippen molar-refractivity contribution in [2.75, 3.05) is 18.4 Å². The first-order valence-electron chi connectivity index (χ1n) is 8.13. The van der Waals surface area contributed by atoms with Crippen LogP contribution in [0.2, 0.25) is 0 Å². The fraction of sp³-hybridized carbons (Fsp3) is 0.250. The van der Waals surface area contributed by atoms with Crippen LogP contribution in [0.1, 0.15) is 11.1 Å². The molecule has 12 heteroatoms. The van der Waals surface area contributed by atoms with Crippen molar-refractivity contribution in [3.05, 3.63) is 43.5 Å². The second kappa shape index (κ2) is 7.08. The van der Waals surface area contributed by atoms with E-state index in [1.807, 2.05) is 0 Å². The molecule has 0 atom stereocenters. The van der Waals surface area contributed by atoms with E-state index in [1.165, 1.54) is 0 Å². The lowest BCUT2D eigenvalue weighted by Gasteiger charge is -2.14. The summed E-state index contributed by atoms with van der Waals surface area (Å²) >= 11 is 0. The van der Waals surface area contributed by atoms with E-state index in [0.717, 1.165) is 12.1 Å². The van der Waals surface area contributed by atoms with E-state index in [2.05, 4.69) is 5.32 Å². The molecule has 1 aliphatic heterocycles. The summed E-state index contributed by atoms with van der Waals surface area (Å²) in [6.45, 7) is 0.398. The average molecular weight is 392 g/mol. The summed E-state index contributed by atoms with van der Waals surface area (Å²) in [5.41, 5.74) is 4.67. The van der Waals surface area contributed by atoms with E-state index in [9.17, 15) is 35.5 Å². The predicted octanol–water partition coefficient (Wildman–Crippen LogP) is 1.88. The van der Waals surface area contributed by atoms with Gasteiger partial charge in [0.25, 0.3) is 11.4 Å². The first kappa shape index (κ1) is 19.0. The summed E-state index contributed by atoms with van der Waals surface area (Å²) in [5.74, 6) is -3.33. The van der Waals surface area contributed by atoms with Crippen LogP contribution in [-0.4, -0.2) is 38.3 Å². The quantitative estimate of drug-likeness (QED) is 0.275. The molecule has 0 bridgehead atoms. The summed E-state index contributed by atoms with van der Waals surface area (Å²) in [5, 5.41) is 56.0. The molecule has 2 aromatic carbocycles. The largest absolute Gasteiger partial charge is 0.504 e. The van der Waals surface area contributed by atoms with E-state index in [1.54, 1.807) is 0 Å². The van der Waals surface area contributed by atoms with Crippen LogP contribution in [0.3, 0.4) is 0 Å². The Morgan fingerprint density at radius 3 is 2.46 bits per heavy atom. The number of nitrogens with zero attached hydrogens (tertiary/aromatic N) is 2. The monoisotopic (exact) mass is 392 g/mol. The number of nitrogens with one attached hydrogen (secondary N) is 1. The Balaban J connectivity index is 2.17. The maximum Gasteiger partial charge on any atom is 0.321 e. The third-order valence-electron chi connectivity index (χ3n) is 4.32. The second-order valence-corrected chi connectivity index (χ2v) is 6.01. The Bertz CT molecular complexity index is 992. The van der Waals surface area contributed by atoms with Gasteiger partial charge in [0.1, 0.15) is 0 Å². The van der Waals surface area contributed by atoms with Gasteiger partial charge in [-0.1, -0.05) is 0 Å². The van der Waals surface area contributed by atoms with Crippen molar-refractivity contribution in [1.82, 2.24) is 0 Å². The molecule has 3 rings (SSSR count). The van der Waals surface area contributed by atoms with Gasteiger partial charge in [0.15, 0.2) is 17.2 Å². The van der Waals surface area contributed by atoms with Gasteiger partial charge in [-0.2, -0.15) is 0 Å². The number of aromatic hydroxyl groups is 3. The number of anilines is 1. The Kier molecular flexibility index (Phi) is 4.79. The zero-order chi connectivity index (χ0) is 20.6. The number of nitro benzene ring substituents is 2. The van der Waals surface area contributed by atoms with Gasteiger partial charge in [0.05, 0.1) is 27.2 Å². The maximum absolute atomic E-state index is 11.6. The Labute approximate surface area is 157 Å². The highest BCUT2D eigenvalue weighted by Gasteiger charge is 2.35. The van der Waals surface area contributed by atoms with Crippen molar-refractivity contribution in [3.8, 4) is 28.7 Å². The number of nitro groups is 2. The van der Waals surface area contributed by atoms with Crippen LogP contribution in [0.25, 0.3) is 0 Å². The van der Waals surface area contributed by atoms with Gasteiger partial charge in [0.2, 0.25) is 5.75 Å². The van der Waals surface area contributed by atoms with Gasteiger partial charge >= 0.3 is 5.69 Å². The number of benzene rings is 2. The molecule has 0 radical (unpaired) electrons. The van der Waals surface area contributed by atoms with Gasteiger partial charge in [0, 0.05) is 12.1 Å². The van der Waals surface area contributed by atoms with E-state index in [4.69, 9.17) is 10.5 Å². The molecule has 2 aromatic rings. The normalized spacial score (nSPS) is 12.3. The Morgan fingerprint density at radius 2 is 1.86 bits per heavy atom. The number of hydrogen-bond acceptors (Lipinski definition) is 10. The summed E-state index contributed by atoms with van der Waals surface area (Å²) < 4.78 is 5.30. The Hall–Kier alpha value is -3.80. The molecule has 0 spiro atoms. The van der Waals surface area contributed by atoms with Crippen LogP contribution >= 0.6 is 0 Å². The fourth-order valence-corrected chi connectivity index (χ4v) is 3.09. The minimum Gasteiger partial charge on any atom is -0.504 e. The molecular formula is C16H16N4O8. The number of ether oxygens (including phenoxy) is 1. The van der Waals surface area contributed by atoms with Crippen LogP contribution < -0.4 is 15.8 Å². The minimum atomic E-state index is -0.923. The van der Waals surface area contributed by atoms with Gasteiger partial charge in [-0.3, -0.25) is 20.2 Å². The van der Waals surface area contributed by atoms with Crippen molar-refractivity contribution in [2.24, 2.45) is 5.73 Å². The molecule has 0 unspecified atom stereocenters. The number of phenolic OH excluding ortho intramolecular Hbond substituents is 3. The van der Waals surface area contributed by atoms with E-state index < -0.39 is 50.0 Å². The number of fused-ring (bicyclic) bond motifs is 1. The predicted molar refractivity (Wildman–Crippen MR) is 96.2 cm³/mol. The zero-order valence-corrected chi connectivity index (χ0v) is 14.3. The molecule has 12 nitrogen and oxygen atoms in total. The first-order valence-corrected chi connectivity index (χ1v) is 8.13. The molecule has 1 aliphatic rings. The molecule has 0 aromatic heterocycles. The van der Waals surface area contributed by atoms with Crippen LogP contribution in [0.4, 0.5) is 17.1 Å². The van der Waals surface area contributed by atoms with E-state index in [0.29, 0.717) is 6.54 Å². The van der Waals surface area contributed by atoms with E-state index >= 15 is 0 Å². The molecule has 0 saturated heterocycles. The smallest absolute Gasteiger partial charge is 0.321 e. The van der Waals surface area contributed by atoms with Crippen molar-refractivity contribution in [3.63, 3.8) is 0 Å². The maximum atomic E-state index is 11.6. The molecule has 0 fully saturated rings. The van der Waals surface area contributed by atoms with Crippen molar-refractivity contribution >= 4 is 17.1 Å². The summed E-state index contributed by atoms with van der Waals surface area (Å²) in [6, 6.07) is 1.95. The number of rotatable bonds is 6. The lowest BCUT2D eigenvalue weighted by atomic mass is 10.1. The highest BCUT2D eigenvalue weighted by molar-refractivity contribution is 5.81. The Morgan fingerprint density at radius 1 is 1.14 bits per heavy atom. The van der Waals surface area contributed by atoms with Gasteiger partial charge in [-0.25, -0.2) is 0 Å². The van der Waals surface area contributed by atoms with Gasteiger partial charge in [-0.15, -0.1) is 0 Å². The SMILES string of the molecule is NCCc1cc(O)c(Oc2c(O)c(O)c3c(c2[N+](=O)[O-])CCN3)cc1[N+](=O)[O-]. The van der Waals surface area contributed by atoms with Gasteiger partial charge < -0.3 is 31.1 Å². The highest BCUT2D eigenvalue weighted by atomic mass is 16.6. The molecule has 28 heavy (non-hydrogen) atoms. The number of hydrogen-bond donors (Lipinski definition) is 5. The van der Waals surface area contributed by atoms with Crippen LogP contribution in [-0.2, 0) is 12.8 Å². The summed E-state index contributed by atoms with van der Waals surface area (Å²) in [6.07, 6.45) is 0.304. The molecule has 0 saturated carbocycles. The summed E-state index contributed by atoms with van der Waals surface area (Å²) in [7, 11) is 0.